The van der Waals surface area contributed by atoms with Crippen molar-refractivity contribution >= 4 is 11.5 Å². The van der Waals surface area contributed by atoms with Gasteiger partial charge in [0.1, 0.15) is 5.82 Å². The monoisotopic (exact) mass is 230 g/mol. The number of fused-ring (bicyclic) bond motifs is 1. The molecule has 0 saturated carbocycles. The maximum atomic E-state index is 12.7. The topological polar surface area (TPSA) is 56.2 Å². The minimum absolute atomic E-state index is 0.115. The fraction of sp³-hybridized carbons (Fsp3) is 0.333. The molecule has 0 atom stereocenters. The molecule has 0 aliphatic rings. The highest BCUT2D eigenvalue weighted by Gasteiger charge is 2.35. The van der Waals surface area contributed by atoms with Crippen LogP contribution in [0.1, 0.15) is 18.3 Å². The van der Waals surface area contributed by atoms with Crippen molar-refractivity contribution in [2.24, 2.45) is 0 Å². The van der Waals surface area contributed by atoms with Crippen molar-refractivity contribution < 1.29 is 13.2 Å². The van der Waals surface area contributed by atoms with Crippen molar-refractivity contribution in [3.8, 4) is 0 Å². The maximum absolute atomic E-state index is 12.7. The number of hydrogen-bond donors (Lipinski definition) is 1. The highest BCUT2D eigenvalue weighted by Crippen LogP contribution is 2.30. The number of nitrogens with zero attached hydrogens (tertiary/aromatic N) is 3. The summed E-state index contributed by atoms with van der Waals surface area (Å²) in [7, 11) is 0. The number of halogens is 3. The molecule has 4 nitrogen and oxygen atoms in total. The van der Waals surface area contributed by atoms with Crippen LogP contribution in [0.4, 0.5) is 19.0 Å². The summed E-state index contributed by atoms with van der Waals surface area (Å²) in [5.74, 6) is -0.164. The number of aryl methyl sites for hydroxylation is 1. The van der Waals surface area contributed by atoms with Gasteiger partial charge in [-0.25, -0.2) is 9.50 Å². The SMILES string of the molecule is CCc1cc2nc(N)cc(C(F)(F)F)n2n1. The number of rotatable bonds is 1. The summed E-state index contributed by atoms with van der Waals surface area (Å²) in [5, 5.41) is 3.82. The fourth-order valence-corrected chi connectivity index (χ4v) is 1.42. The molecule has 0 bridgehead atoms. The maximum Gasteiger partial charge on any atom is 0.433 e. The molecule has 0 aromatic carbocycles. The van der Waals surface area contributed by atoms with Crippen molar-refractivity contribution in [2.45, 2.75) is 19.5 Å². The van der Waals surface area contributed by atoms with Crippen LogP contribution in [0.3, 0.4) is 0 Å². The lowest BCUT2D eigenvalue weighted by molar-refractivity contribution is -0.142. The second kappa shape index (κ2) is 3.36. The van der Waals surface area contributed by atoms with Crippen LogP contribution in [0.2, 0.25) is 0 Å². The van der Waals surface area contributed by atoms with Gasteiger partial charge in [-0.15, -0.1) is 0 Å². The van der Waals surface area contributed by atoms with E-state index >= 15 is 0 Å². The molecule has 0 radical (unpaired) electrons. The van der Waals surface area contributed by atoms with Crippen LogP contribution in [0.25, 0.3) is 5.65 Å². The van der Waals surface area contributed by atoms with Crippen molar-refractivity contribution in [3.05, 3.63) is 23.5 Å². The van der Waals surface area contributed by atoms with E-state index in [4.69, 9.17) is 5.73 Å². The first kappa shape index (κ1) is 10.7. The zero-order valence-corrected chi connectivity index (χ0v) is 8.41. The average molecular weight is 230 g/mol. The largest absolute Gasteiger partial charge is 0.433 e. The molecule has 86 valence electrons. The van der Waals surface area contributed by atoms with E-state index in [1.165, 1.54) is 6.07 Å². The third-order valence-electron chi connectivity index (χ3n) is 2.15. The summed E-state index contributed by atoms with van der Waals surface area (Å²) in [5.41, 5.74) is 5.07. The lowest BCUT2D eigenvalue weighted by Crippen LogP contribution is -2.14. The van der Waals surface area contributed by atoms with Gasteiger partial charge in [-0.05, 0) is 6.42 Å². The Labute approximate surface area is 88.9 Å². The van der Waals surface area contributed by atoms with Crippen molar-refractivity contribution in [2.75, 3.05) is 5.73 Å². The van der Waals surface area contributed by atoms with Crippen LogP contribution < -0.4 is 5.73 Å². The number of alkyl halides is 3. The van der Waals surface area contributed by atoms with Gasteiger partial charge in [0.2, 0.25) is 0 Å². The zero-order valence-electron chi connectivity index (χ0n) is 8.41. The summed E-state index contributed by atoms with van der Waals surface area (Å²) < 4.78 is 38.8. The number of nitrogens with two attached hydrogens (primary N) is 1. The van der Waals surface area contributed by atoms with Crippen LogP contribution in [0, 0.1) is 0 Å². The van der Waals surface area contributed by atoms with Crippen LogP contribution >= 0.6 is 0 Å². The van der Waals surface area contributed by atoms with Gasteiger partial charge < -0.3 is 5.73 Å². The molecule has 2 N–H and O–H groups in total. The van der Waals surface area contributed by atoms with E-state index in [1.54, 1.807) is 6.92 Å². The Bertz CT molecular complexity index is 529. The molecular weight excluding hydrogens is 221 g/mol. The van der Waals surface area contributed by atoms with Gasteiger partial charge in [-0.1, -0.05) is 6.92 Å². The molecule has 7 heteroatoms. The number of anilines is 1. The molecule has 0 unspecified atom stereocenters. The van der Waals surface area contributed by atoms with Gasteiger partial charge in [-0.3, -0.25) is 0 Å². The van der Waals surface area contributed by atoms with E-state index < -0.39 is 11.9 Å². The second-order valence-corrected chi connectivity index (χ2v) is 3.32. The van der Waals surface area contributed by atoms with Crippen molar-refractivity contribution in [3.63, 3.8) is 0 Å². The Kier molecular flexibility index (Phi) is 2.25. The molecule has 0 aliphatic heterocycles. The van der Waals surface area contributed by atoms with Gasteiger partial charge in [0.05, 0.1) is 5.69 Å². The predicted octanol–water partition coefficient (Wildman–Crippen LogP) is 1.89. The molecule has 0 fully saturated rings. The molecule has 2 aromatic rings. The third kappa shape index (κ3) is 1.68. The average Bonchev–Trinajstić information content (AvgIpc) is 2.57. The minimum Gasteiger partial charge on any atom is -0.384 e. The third-order valence-corrected chi connectivity index (χ3v) is 2.15. The zero-order chi connectivity index (χ0) is 11.9. The predicted molar refractivity (Wildman–Crippen MR) is 51.8 cm³/mol. The Hall–Kier alpha value is -1.79. The van der Waals surface area contributed by atoms with E-state index in [1.807, 2.05) is 0 Å². The molecule has 0 spiro atoms. The molecule has 16 heavy (non-hydrogen) atoms. The van der Waals surface area contributed by atoms with E-state index in [9.17, 15) is 13.2 Å². The number of hydrogen-bond acceptors (Lipinski definition) is 3. The first-order chi connectivity index (χ1) is 7.41. The Morgan fingerprint density at radius 3 is 2.62 bits per heavy atom. The minimum atomic E-state index is -4.49. The Morgan fingerprint density at radius 2 is 2.06 bits per heavy atom. The molecule has 0 aliphatic carbocycles. The molecule has 2 heterocycles. The molecule has 2 aromatic heterocycles. The van der Waals surface area contributed by atoms with Crippen LogP contribution in [0.5, 0.6) is 0 Å². The van der Waals surface area contributed by atoms with Gasteiger partial charge in [0.15, 0.2) is 11.3 Å². The highest BCUT2D eigenvalue weighted by molar-refractivity contribution is 5.47. The first-order valence-corrected chi connectivity index (χ1v) is 4.64. The summed E-state index contributed by atoms with van der Waals surface area (Å²) in [6, 6.07) is 2.27. The second-order valence-electron chi connectivity index (χ2n) is 3.32. The summed E-state index contributed by atoms with van der Waals surface area (Å²) in [4.78, 5) is 3.80. The fourth-order valence-electron chi connectivity index (χ4n) is 1.42. The summed E-state index contributed by atoms with van der Waals surface area (Å²) >= 11 is 0. The van der Waals surface area contributed by atoms with Crippen molar-refractivity contribution in [1.29, 1.82) is 0 Å². The summed E-state index contributed by atoms with van der Waals surface area (Å²) in [6.45, 7) is 1.80. The van der Waals surface area contributed by atoms with Crippen molar-refractivity contribution in [1.82, 2.24) is 14.6 Å². The van der Waals surface area contributed by atoms with E-state index in [0.717, 1.165) is 10.6 Å². The standard InChI is InChI=1S/C9H9F3N4/c1-2-5-3-8-14-7(13)4-6(9(10,11)12)16(8)15-5/h3-4H,2H2,1H3,(H2,13,14). The lowest BCUT2D eigenvalue weighted by Gasteiger charge is -2.08. The molecule has 2 rings (SSSR count). The summed E-state index contributed by atoms with van der Waals surface area (Å²) in [6.07, 6.45) is -3.95. The lowest BCUT2D eigenvalue weighted by atomic mass is 10.3. The van der Waals surface area contributed by atoms with Gasteiger partial charge in [-0.2, -0.15) is 18.3 Å². The number of nitrogen functional groups attached to an aromatic ring is 1. The van der Waals surface area contributed by atoms with E-state index in [2.05, 4.69) is 10.1 Å². The van der Waals surface area contributed by atoms with Gasteiger partial charge in [0, 0.05) is 12.1 Å². The quantitative estimate of drug-likeness (QED) is 0.813. The molecule has 0 amide bonds. The van der Waals surface area contributed by atoms with E-state index in [-0.39, 0.29) is 11.5 Å². The Balaban J connectivity index is 2.76. The first-order valence-electron chi connectivity index (χ1n) is 4.64. The van der Waals surface area contributed by atoms with Gasteiger partial charge in [0.25, 0.3) is 0 Å². The molecule has 0 saturated heterocycles. The van der Waals surface area contributed by atoms with Crippen LogP contribution in [-0.2, 0) is 12.6 Å². The van der Waals surface area contributed by atoms with E-state index in [0.29, 0.717) is 12.1 Å². The highest BCUT2D eigenvalue weighted by atomic mass is 19.4. The smallest absolute Gasteiger partial charge is 0.384 e. The van der Waals surface area contributed by atoms with Crippen LogP contribution in [0.15, 0.2) is 12.1 Å². The number of aromatic nitrogens is 3. The van der Waals surface area contributed by atoms with Crippen LogP contribution in [-0.4, -0.2) is 14.6 Å². The molecular formula is C9H9F3N4. The Morgan fingerprint density at radius 1 is 1.38 bits per heavy atom. The normalized spacial score (nSPS) is 12.2. The van der Waals surface area contributed by atoms with Gasteiger partial charge >= 0.3 is 6.18 Å².